The SMILES string of the molecule is SCCC1C=N1. The molecule has 0 aromatic rings. The van der Waals surface area contributed by atoms with Gasteiger partial charge in [-0.25, -0.2) is 0 Å². The van der Waals surface area contributed by atoms with Gasteiger partial charge in [0.1, 0.15) is 0 Å². The van der Waals surface area contributed by atoms with Gasteiger partial charge in [-0.2, -0.15) is 12.6 Å². The Kier molecular flexibility index (Phi) is 1.15. The third-order valence-corrected chi connectivity index (χ3v) is 1.04. The van der Waals surface area contributed by atoms with Gasteiger partial charge in [-0.05, 0) is 12.2 Å². The first-order chi connectivity index (χ1) is 2.93. The van der Waals surface area contributed by atoms with E-state index in [-0.39, 0.29) is 0 Å². The summed E-state index contributed by atoms with van der Waals surface area (Å²) in [7, 11) is 0. The molecule has 1 aliphatic heterocycles. The third-order valence-electron chi connectivity index (χ3n) is 0.785. The Labute approximate surface area is 42.9 Å². The van der Waals surface area contributed by atoms with Crippen LogP contribution in [0.15, 0.2) is 4.99 Å². The van der Waals surface area contributed by atoms with E-state index in [4.69, 9.17) is 0 Å². The molecule has 0 aromatic heterocycles. The zero-order valence-electron chi connectivity index (χ0n) is 3.46. The first-order valence-electron chi connectivity index (χ1n) is 2.07. The van der Waals surface area contributed by atoms with Crippen LogP contribution in [0.3, 0.4) is 0 Å². The molecule has 1 heterocycles. The van der Waals surface area contributed by atoms with E-state index in [0.29, 0.717) is 6.04 Å². The molecule has 0 bridgehead atoms. The lowest BCUT2D eigenvalue weighted by atomic mass is 10.4. The fraction of sp³-hybridized carbons (Fsp3) is 0.750. The smallest absolute Gasteiger partial charge is 0.0851 e. The van der Waals surface area contributed by atoms with Crippen LogP contribution in [0.2, 0.25) is 0 Å². The van der Waals surface area contributed by atoms with E-state index < -0.39 is 0 Å². The Hall–Kier alpha value is 0.0200. The Morgan fingerprint density at radius 2 is 2.50 bits per heavy atom. The zero-order valence-corrected chi connectivity index (χ0v) is 4.36. The predicted molar refractivity (Wildman–Crippen MR) is 30.7 cm³/mol. The number of hydrogen-bond acceptors (Lipinski definition) is 2. The molecule has 1 nitrogen and oxygen atoms in total. The van der Waals surface area contributed by atoms with Crippen LogP contribution >= 0.6 is 12.6 Å². The van der Waals surface area contributed by atoms with E-state index in [2.05, 4.69) is 17.6 Å². The van der Waals surface area contributed by atoms with E-state index in [1.165, 1.54) is 0 Å². The van der Waals surface area contributed by atoms with Crippen LogP contribution in [0.25, 0.3) is 0 Å². The van der Waals surface area contributed by atoms with Crippen LogP contribution in [0.1, 0.15) is 6.42 Å². The van der Waals surface area contributed by atoms with E-state index in [1.807, 2.05) is 6.21 Å². The van der Waals surface area contributed by atoms with Crippen molar-refractivity contribution in [2.75, 3.05) is 5.75 Å². The molecule has 0 radical (unpaired) electrons. The van der Waals surface area contributed by atoms with Crippen LogP contribution in [0.4, 0.5) is 0 Å². The summed E-state index contributed by atoms with van der Waals surface area (Å²) in [4.78, 5) is 3.92. The largest absolute Gasteiger partial charge is 0.286 e. The average molecular weight is 101 g/mol. The summed E-state index contributed by atoms with van der Waals surface area (Å²) >= 11 is 4.02. The van der Waals surface area contributed by atoms with Gasteiger partial charge in [-0.3, -0.25) is 4.99 Å². The fourth-order valence-corrected chi connectivity index (χ4v) is 0.607. The van der Waals surface area contributed by atoms with Crippen LogP contribution in [-0.2, 0) is 0 Å². The number of rotatable bonds is 2. The van der Waals surface area contributed by atoms with Gasteiger partial charge in [0.2, 0.25) is 0 Å². The van der Waals surface area contributed by atoms with Crippen molar-refractivity contribution in [3.05, 3.63) is 0 Å². The Balaban J connectivity index is 1.90. The van der Waals surface area contributed by atoms with E-state index in [9.17, 15) is 0 Å². The summed E-state index contributed by atoms with van der Waals surface area (Å²) in [5.41, 5.74) is 0. The molecule has 0 fully saturated rings. The van der Waals surface area contributed by atoms with Gasteiger partial charge >= 0.3 is 0 Å². The molecule has 0 amide bonds. The summed E-state index contributed by atoms with van der Waals surface area (Å²) in [6.45, 7) is 0. The van der Waals surface area contributed by atoms with Gasteiger partial charge in [0.15, 0.2) is 0 Å². The predicted octanol–water partition coefficient (Wildman–Crippen LogP) is 0.759. The molecule has 0 aromatic carbocycles. The maximum absolute atomic E-state index is 4.02. The highest BCUT2D eigenvalue weighted by Crippen LogP contribution is 2.05. The van der Waals surface area contributed by atoms with Gasteiger partial charge in [0.05, 0.1) is 6.04 Å². The molecular weight excluding hydrogens is 94.1 g/mol. The van der Waals surface area contributed by atoms with Crippen LogP contribution in [-0.4, -0.2) is 18.0 Å². The molecule has 0 spiro atoms. The second-order valence-corrected chi connectivity index (χ2v) is 1.82. The lowest BCUT2D eigenvalue weighted by molar-refractivity contribution is 0.942. The normalized spacial score (nSPS) is 27.8. The molecule has 6 heavy (non-hydrogen) atoms. The monoisotopic (exact) mass is 101 g/mol. The summed E-state index contributed by atoms with van der Waals surface area (Å²) in [5, 5.41) is 0. The van der Waals surface area contributed by atoms with Gasteiger partial charge in [-0.15, -0.1) is 0 Å². The molecule has 0 saturated heterocycles. The summed E-state index contributed by atoms with van der Waals surface area (Å²) < 4.78 is 0. The van der Waals surface area contributed by atoms with Crippen molar-refractivity contribution in [3.8, 4) is 0 Å². The molecule has 34 valence electrons. The third kappa shape index (κ3) is 1.01. The highest BCUT2D eigenvalue weighted by Gasteiger charge is 2.09. The molecule has 2 heteroatoms. The van der Waals surface area contributed by atoms with Crippen molar-refractivity contribution in [3.63, 3.8) is 0 Å². The van der Waals surface area contributed by atoms with Gasteiger partial charge in [0, 0.05) is 6.21 Å². The minimum Gasteiger partial charge on any atom is -0.286 e. The van der Waals surface area contributed by atoms with Crippen LogP contribution in [0.5, 0.6) is 0 Å². The molecule has 1 aliphatic rings. The molecule has 1 atom stereocenters. The van der Waals surface area contributed by atoms with E-state index in [0.717, 1.165) is 12.2 Å². The topological polar surface area (TPSA) is 12.4 Å². The quantitative estimate of drug-likeness (QED) is 0.493. The molecule has 0 N–H and O–H groups in total. The molecule has 0 saturated carbocycles. The fourth-order valence-electron chi connectivity index (χ4n) is 0.342. The molecular formula is C4H7NS. The second-order valence-electron chi connectivity index (χ2n) is 1.38. The molecule has 1 unspecified atom stereocenters. The second kappa shape index (κ2) is 1.65. The van der Waals surface area contributed by atoms with Crippen molar-refractivity contribution < 1.29 is 0 Å². The van der Waals surface area contributed by atoms with Crippen molar-refractivity contribution in [2.45, 2.75) is 12.5 Å². The minimum atomic E-state index is 0.572. The summed E-state index contributed by atoms with van der Waals surface area (Å²) in [6, 6.07) is 0.572. The number of hydrogen-bond donors (Lipinski definition) is 1. The minimum absolute atomic E-state index is 0.572. The van der Waals surface area contributed by atoms with E-state index >= 15 is 0 Å². The Bertz CT molecular complexity index is 63.9. The van der Waals surface area contributed by atoms with Crippen molar-refractivity contribution in [1.82, 2.24) is 0 Å². The van der Waals surface area contributed by atoms with Crippen molar-refractivity contribution in [1.29, 1.82) is 0 Å². The lowest BCUT2D eigenvalue weighted by Crippen LogP contribution is -1.85. The first-order valence-corrected chi connectivity index (χ1v) is 2.71. The number of thiol groups is 1. The summed E-state index contributed by atoms with van der Waals surface area (Å²) in [5.74, 6) is 0.963. The van der Waals surface area contributed by atoms with Crippen molar-refractivity contribution >= 4 is 18.8 Å². The standard InChI is InChI=1S/C4H7NS/c6-2-1-4-3-5-4/h3-4,6H,1-2H2. The number of aliphatic imine (C=N–C) groups is 1. The maximum Gasteiger partial charge on any atom is 0.0851 e. The molecule has 1 rings (SSSR count). The lowest BCUT2D eigenvalue weighted by Gasteiger charge is -1.81. The summed E-state index contributed by atoms with van der Waals surface area (Å²) in [6.07, 6.45) is 3.08. The highest BCUT2D eigenvalue weighted by atomic mass is 32.1. The van der Waals surface area contributed by atoms with Gasteiger partial charge < -0.3 is 0 Å². The first kappa shape index (κ1) is 4.19. The molecule has 0 aliphatic carbocycles. The highest BCUT2D eigenvalue weighted by molar-refractivity contribution is 7.80. The van der Waals surface area contributed by atoms with Gasteiger partial charge in [0.25, 0.3) is 0 Å². The Morgan fingerprint density at radius 3 is 2.67 bits per heavy atom. The van der Waals surface area contributed by atoms with Gasteiger partial charge in [-0.1, -0.05) is 0 Å². The average Bonchev–Trinajstić information content (AvgIpc) is 2.21. The maximum atomic E-state index is 4.02. The zero-order chi connectivity index (χ0) is 4.41. The van der Waals surface area contributed by atoms with Crippen LogP contribution in [0, 0.1) is 0 Å². The van der Waals surface area contributed by atoms with Crippen LogP contribution < -0.4 is 0 Å². The number of nitrogens with zero attached hydrogens (tertiary/aromatic N) is 1. The van der Waals surface area contributed by atoms with Crippen molar-refractivity contribution in [2.24, 2.45) is 4.99 Å². The Morgan fingerprint density at radius 1 is 1.83 bits per heavy atom. The van der Waals surface area contributed by atoms with E-state index in [1.54, 1.807) is 0 Å².